The lowest BCUT2D eigenvalue weighted by molar-refractivity contribution is -0.219. The van der Waals surface area contributed by atoms with E-state index in [4.69, 9.17) is 37.9 Å². The lowest BCUT2D eigenvalue weighted by Crippen LogP contribution is -2.41. The number of rotatable bonds is 0. The van der Waals surface area contributed by atoms with Crippen LogP contribution >= 0.6 is 0 Å². The third kappa shape index (κ3) is 17.5. The topological polar surface area (TPSA) is 271 Å². The minimum atomic E-state index is -1.14. The van der Waals surface area contributed by atoms with Gasteiger partial charge < -0.3 is 53.2 Å². The van der Waals surface area contributed by atoms with Crippen molar-refractivity contribution in [2.75, 3.05) is 0 Å². The van der Waals surface area contributed by atoms with Gasteiger partial charge in [-0.1, -0.05) is 89.5 Å². The van der Waals surface area contributed by atoms with Crippen LogP contribution in [0.25, 0.3) is 0 Å². The molecule has 8 aliphatic carbocycles. The van der Waals surface area contributed by atoms with Crippen LogP contribution in [0.2, 0.25) is 0 Å². The Morgan fingerprint density at radius 2 is 0.490 bits per heavy atom. The number of carbonyl (C=O) groups is 8. The molecule has 8 unspecified atom stereocenters. The van der Waals surface area contributed by atoms with Gasteiger partial charge in [0.2, 0.25) is 17.4 Å². The molecule has 0 spiro atoms. The van der Waals surface area contributed by atoms with Gasteiger partial charge in [0.1, 0.15) is 28.6 Å². The van der Waals surface area contributed by atoms with E-state index in [-0.39, 0.29) is 118 Å². The van der Waals surface area contributed by atoms with Crippen LogP contribution in [-0.4, -0.2) is 86.0 Å². The highest BCUT2D eigenvalue weighted by Gasteiger charge is 2.58. The quantitative estimate of drug-likeness (QED) is 0.150. The lowest BCUT2D eigenvalue weighted by atomic mass is 9.69. The van der Waals surface area contributed by atoms with E-state index in [1.807, 2.05) is 55.4 Å². The number of ether oxygens (including phenoxy) is 8. The number of carbonyl (C=O) groups excluding carboxylic acids is 8. The molecular weight excluding hydrogens is 1280 g/mol. The van der Waals surface area contributed by atoms with E-state index in [1.54, 1.807) is 0 Å². The molecule has 24 atom stereocenters. The normalized spacial score (nSPS) is 42.8. The molecule has 8 aliphatic heterocycles. The van der Waals surface area contributed by atoms with Crippen LogP contribution in [0, 0.1) is 118 Å². The average Bonchev–Trinajstić information content (AvgIpc) is 1.62. The largest absolute Gasteiger partial charge is 0.459 e. The monoisotopic (exact) mass is 1400 g/mol. The Morgan fingerprint density at radius 3 is 0.750 bits per heavy atom. The molecular formula is C81H122O19. The predicted octanol–water partition coefficient (Wildman–Crippen LogP) is 15.3. The highest BCUT2D eigenvalue weighted by Crippen LogP contribution is 2.52. The summed E-state index contributed by atoms with van der Waals surface area (Å²) in [6.45, 7) is 34.8. The molecule has 0 aromatic heterocycles. The van der Waals surface area contributed by atoms with Crippen molar-refractivity contribution in [3.63, 3.8) is 0 Å². The Hall–Kier alpha value is -5.40. The van der Waals surface area contributed by atoms with Crippen molar-refractivity contribution in [2.24, 2.45) is 118 Å². The molecule has 560 valence electrons. The molecule has 16 rings (SSSR count). The summed E-state index contributed by atoms with van der Waals surface area (Å²) in [6.07, 6.45) is 24.2. The molecule has 100 heavy (non-hydrogen) atoms. The Labute approximate surface area is 595 Å². The van der Waals surface area contributed by atoms with Crippen molar-refractivity contribution in [1.82, 2.24) is 0 Å². The molecule has 19 nitrogen and oxygen atoms in total. The Kier molecular flexibility index (Phi) is 25.1. The van der Waals surface area contributed by atoms with Crippen LogP contribution in [0.15, 0.2) is 45.3 Å². The van der Waals surface area contributed by atoms with Crippen molar-refractivity contribution in [3.8, 4) is 0 Å². The van der Waals surface area contributed by atoms with Gasteiger partial charge in [0.15, 0.2) is 0 Å². The summed E-state index contributed by atoms with van der Waals surface area (Å²) in [5.74, 6) is 4.83. The van der Waals surface area contributed by atoms with Crippen LogP contribution in [0.5, 0.6) is 0 Å². The minimum Gasteiger partial charge on any atom is -0.459 e. The standard InChI is InChI=1S/C11H18O2.3C10H16O3.4C10H14O2/c1-7-4-5-9-8(2)10(12)13-11(9,3)6-7;3*1-6-3-4-8-7(2)9(11)13-10(8,12)5-6;4*1-6-3-4-8-7(2)10(11)12-9(8)5-6/h7-9H,4-6H2,1-3H3;3*6-8,12H,3-5H2,1-2H3;4*6-7H,3-5H2,1-2H3/t7-,8-,9?,11?;2*6-,7+,8?,10?;6-,7-,8?,10?;2*6-,7+;2*6-,7-/m11111010/s1. The summed E-state index contributed by atoms with van der Waals surface area (Å²) >= 11 is 0. The van der Waals surface area contributed by atoms with Crippen LogP contribution in [0.4, 0.5) is 0 Å². The molecule has 3 N–H and O–H groups in total. The van der Waals surface area contributed by atoms with Gasteiger partial charge in [-0.3, -0.25) is 38.4 Å². The summed E-state index contributed by atoms with van der Waals surface area (Å²) in [4.78, 5) is 90.0. The van der Waals surface area contributed by atoms with Gasteiger partial charge in [-0.25, -0.2) is 0 Å². The molecule has 4 saturated heterocycles. The molecule has 19 heteroatoms. The molecule has 0 amide bonds. The summed E-state index contributed by atoms with van der Waals surface area (Å²) in [6, 6.07) is 0. The molecule has 4 saturated carbocycles. The van der Waals surface area contributed by atoms with Crippen LogP contribution < -0.4 is 0 Å². The van der Waals surface area contributed by atoms with Crippen molar-refractivity contribution in [1.29, 1.82) is 0 Å². The first-order valence-electron chi connectivity index (χ1n) is 38.7. The third-order valence-electron chi connectivity index (χ3n) is 25.7. The SMILES string of the molecule is C[C@@H]1CCC2=C(C1)OC(=O)[C@@H]2C.C[C@@H]1CCC2=C(C1)OC(=O)[C@H]2C.C[C@@H]1CCC2[C@@H](C)C(=O)OC2(C)C1.C[C@@H]1CCC2[C@@H](C)C(=O)OC2(O)C1.C[C@@H]1CCC2[C@H](C)C(=O)OC2(O)C1.C[C@@H]1CCC2[C@H](C)C(=O)OC2(O)C1.C[C@H]1CCC2=C(C1)OC(=O)[C@@H]2C.C[C@H]1CCC2=C(C1)OC(=O)[C@H]2C. The van der Waals surface area contributed by atoms with Gasteiger partial charge in [0.05, 0.1) is 47.3 Å². The van der Waals surface area contributed by atoms with E-state index in [2.05, 4.69) is 62.3 Å². The van der Waals surface area contributed by atoms with E-state index >= 15 is 0 Å². The zero-order valence-electron chi connectivity index (χ0n) is 63.4. The second-order valence-corrected chi connectivity index (χ2v) is 34.4. The van der Waals surface area contributed by atoms with Crippen molar-refractivity contribution in [3.05, 3.63) is 45.3 Å². The maximum absolute atomic E-state index is 11.4. The van der Waals surface area contributed by atoms with E-state index < -0.39 is 17.4 Å². The molecule has 0 aromatic carbocycles. The van der Waals surface area contributed by atoms with Gasteiger partial charge in [0, 0.05) is 68.6 Å². The number of hydrogen-bond donors (Lipinski definition) is 3. The highest BCUT2D eigenvalue weighted by atomic mass is 16.7. The van der Waals surface area contributed by atoms with E-state index in [1.165, 1.54) is 54.4 Å². The van der Waals surface area contributed by atoms with Crippen molar-refractivity contribution >= 4 is 47.8 Å². The molecule has 0 bridgehead atoms. The van der Waals surface area contributed by atoms with Gasteiger partial charge >= 0.3 is 47.8 Å². The van der Waals surface area contributed by atoms with Gasteiger partial charge in [-0.15, -0.1) is 0 Å². The van der Waals surface area contributed by atoms with E-state index in [9.17, 15) is 53.7 Å². The number of esters is 8. The lowest BCUT2D eigenvalue weighted by Gasteiger charge is -2.37. The first-order valence-corrected chi connectivity index (χ1v) is 38.7. The molecule has 0 radical (unpaired) electrons. The molecule has 16 aliphatic rings. The van der Waals surface area contributed by atoms with Crippen LogP contribution in [-0.2, 0) is 76.3 Å². The second kappa shape index (κ2) is 31.9. The van der Waals surface area contributed by atoms with Gasteiger partial charge in [0.25, 0.3) is 0 Å². The zero-order valence-corrected chi connectivity index (χ0v) is 63.4. The minimum absolute atomic E-state index is 0.0154. The number of hydrogen-bond acceptors (Lipinski definition) is 19. The molecule has 0 aromatic rings. The number of allylic oxidation sites excluding steroid dienone is 4. The molecule has 8 fully saturated rings. The number of aliphatic hydroxyl groups is 3. The predicted molar refractivity (Wildman–Crippen MR) is 371 cm³/mol. The first kappa shape index (κ1) is 78.7. The smallest absolute Gasteiger partial charge is 0.317 e. The fourth-order valence-corrected chi connectivity index (χ4v) is 19.0. The van der Waals surface area contributed by atoms with E-state index in [0.29, 0.717) is 72.5 Å². The summed E-state index contributed by atoms with van der Waals surface area (Å²) < 4.78 is 41.4. The fourth-order valence-electron chi connectivity index (χ4n) is 19.0. The highest BCUT2D eigenvalue weighted by molar-refractivity contribution is 5.82. The summed E-state index contributed by atoms with van der Waals surface area (Å²) in [5.41, 5.74) is 4.90. The van der Waals surface area contributed by atoms with Crippen molar-refractivity contribution < 1.29 is 91.6 Å². The van der Waals surface area contributed by atoms with Crippen molar-refractivity contribution in [2.45, 2.75) is 295 Å². The first-order chi connectivity index (χ1) is 46.8. The zero-order chi connectivity index (χ0) is 73.4. The van der Waals surface area contributed by atoms with Crippen LogP contribution in [0.1, 0.15) is 272 Å². The third-order valence-corrected chi connectivity index (χ3v) is 25.7. The summed E-state index contributed by atoms with van der Waals surface area (Å²) in [5, 5.41) is 30.2. The van der Waals surface area contributed by atoms with Gasteiger partial charge in [-0.2, -0.15) is 0 Å². The maximum atomic E-state index is 11.4. The Bertz CT molecular complexity index is 2790. The maximum Gasteiger partial charge on any atom is 0.317 e. The Balaban J connectivity index is 0.000000133. The average molecular weight is 1400 g/mol. The Morgan fingerprint density at radius 1 is 0.270 bits per heavy atom. The fraction of sp³-hybridized carbons (Fsp3) is 0.802. The number of fused-ring (bicyclic) bond motifs is 4. The van der Waals surface area contributed by atoms with Gasteiger partial charge in [-0.05, 0) is 207 Å². The second-order valence-electron chi connectivity index (χ2n) is 34.4. The van der Waals surface area contributed by atoms with E-state index in [0.717, 1.165) is 126 Å². The summed E-state index contributed by atoms with van der Waals surface area (Å²) in [7, 11) is 0. The van der Waals surface area contributed by atoms with Crippen LogP contribution in [0.3, 0.4) is 0 Å². The molecule has 8 heterocycles.